The van der Waals surface area contributed by atoms with Crippen LogP contribution in [0.3, 0.4) is 0 Å². The molecule has 3 rings (SSSR count). The smallest absolute Gasteiger partial charge is 0.263 e. The van der Waals surface area contributed by atoms with Gasteiger partial charge in [0.15, 0.2) is 0 Å². The Bertz CT molecular complexity index is 1150. The van der Waals surface area contributed by atoms with Crippen LogP contribution in [-0.4, -0.2) is 14.3 Å². The second-order valence-corrected chi connectivity index (χ2v) is 8.78. The molecule has 0 aromatic heterocycles. The largest absolute Gasteiger partial charge is 0.348 e. The quantitative estimate of drug-likeness (QED) is 0.598. The van der Waals surface area contributed by atoms with Gasteiger partial charge in [-0.15, -0.1) is 0 Å². The van der Waals surface area contributed by atoms with Crippen molar-refractivity contribution in [2.24, 2.45) is 0 Å². The fourth-order valence-corrected chi connectivity index (χ4v) is 4.32. The minimum absolute atomic E-state index is 0.0425. The van der Waals surface area contributed by atoms with Gasteiger partial charge in [-0.1, -0.05) is 48.0 Å². The number of amides is 1. The van der Waals surface area contributed by atoms with Crippen molar-refractivity contribution in [1.82, 2.24) is 5.32 Å². The van der Waals surface area contributed by atoms with E-state index in [4.69, 9.17) is 11.6 Å². The molecule has 2 N–H and O–H groups in total. The molecule has 7 heteroatoms. The van der Waals surface area contributed by atoms with Gasteiger partial charge in [0.1, 0.15) is 4.90 Å². The Labute approximate surface area is 175 Å². The number of anilines is 1. The maximum absolute atomic E-state index is 12.8. The van der Waals surface area contributed by atoms with Crippen LogP contribution in [0, 0.1) is 13.8 Å². The predicted molar refractivity (Wildman–Crippen MR) is 116 cm³/mol. The summed E-state index contributed by atoms with van der Waals surface area (Å²) in [6.07, 6.45) is 0. The van der Waals surface area contributed by atoms with Crippen molar-refractivity contribution in [2.75, 3.05) is 4.72 Å². The number of sulfonamides is 1. The van der Waals surface area contributed by atoms with Crippen LogP contribution in [0.4, 0.5) is 5.69 Å². The number of carbonyl (C=O) groups excluding carboxylic acids is 1. The average Bonchev–Trinajstić information content (AvgIpc) is 2.69. The number of rotatable bonds is 6. The molecule has 0 saturated carbocycles. The van der Waals surface area contributed by atoms with Crippen molar-refractivity contribution in [3.05, 3.63) is 94.0 Å². The first-order valence-corrected chi connectivity index (χ1v) is 10.8. The SMILES string of the molecule is Cc1ccc(NS(=O)(=O)c2cc(C(=O)NCc3ccccc3)ccc2Cl)cc1C. The molecule has 3 aromatic rings. The second-order valence-electron chi connectivity index (χ2n) is 6.72. The van der Waals surface area contributed by atoms with Crippen LogP contribution < -0.4 is 10.0 Å². The van der Waals surface area contributed by atoms with Gasteiger partial charge in [-0.05, 0) is 60.9 Å². The minimum Gasteiger partial charge on any atom is -0.348 e. The molecule has 0 fully saturated rings. The maximum atomic E-state index is 12.8. The molecule has 0 saturated heterocycles. The molecule has 5 nitrogen and oxygen atoms in total. The number of benzene rings is 3. The molecule has 0 atom stereocenters. The third-order valence-corrected chi connectivity index (χ3v) is 6.40. The minimum atomic E-state index is -3.96. The molecule has 0 bridgehead atoms. The Balaban J connectivity index is 1.81. The molecule has 0 unspecified atom stereocenters. The van der Waals surface area contributed by atoms with Crippen LogP contribution in [-0.2, 0) is 16.6 Å². The molecular formula is C22H21ClN2O3S. The molecule has 0 aliphatic rings. The van der Waals surface area contributed by atoms with Crippen molar-refractivity contribution < 1.29 is 13.2 Å². The van der Waals surface area contributed by atoms with Crippen LogP contribution >= 0.6 is 11.6 Å². The zero-order valence-electron chi connectivity index (χ0n) is 16.1. The molecule has 0 radical (unpaired) electrons. The van der Waals surface area contributed by atoms with Gasteiger partial charge in [0, 0.05) is 17.8 Å². The molecular weight excluding hydrogens is 408 g/mol. The standard InChI is InChI=1S/C22H21ClN2O3S/c1-15-8-10-19(12-16(15)2)25-29(27,28)21-13-18(9-11-20(21)23)22(26)24-14-17-6-4-3-5-7-17/h3-13,25H,14H2,1-2H3,(H,24,26). The van der Waals surface area contributed by atoms with E-state index >= 15 is 0 Å². The summed E-state index contributed by atoms with van der Waals surface area (Å²) in [4.78, 5) is 12.3. The highest BCUT2D eigenvalue weighted by molar-refractivity contribution is 7.92. The summed E-state index contributed by atoms with van der Waals surface area (Å²) >= 11 is 6.13. The predicted octanol–water partition coefficient (Wildman–Crippen LogP) is 4.69. The topological polar surface area (TPSA) is 75.3 Å². The zero-order valence-corrected chi connectivity index (χ0v) is 17.6. The Hall–Kier alpha value is -2.83. The van der Waals surface area contributed by atoms with Gasteiger partial charge in [0.2, 0.25) is 0 Å². The highest BCUT2D eigenvalue weighted by Crippen LogP contribution is 2.26. The van der Waals surface area contributed by atoms with Crippen molar-refractivity contribution in [1.29, 1.82) is 0 Å². The summed E-state index contributed by atoms with van der Waals surface area (Å²) in [6.45, 7) is 4.19. The van der Waals surface area contributed by atoms with E-state index in [1.807, 2.05) is 50.2 Å². The third kappa shape index (κ3) is 5.16. The van der Waals surface area contributed by atoms with Gasteiger partial charge >= 0.3 is 0 Å². The molecule has 0 spiro atoms. The van der Waals surface area contributed by atoms with Crippen LogP contribution in [0.1, 0.15) is 27.0 Å². The van der Waals surface area contributed by atoms with E-state index in [2.05, 4.69) is 10.0 Å². The van der Waals surface area contributed by atoms with E-state index in [1.54, 1.807) is 12.1 Å². The Morgan fingerprint density at radius 2 is 1.66 bits per heavy atom. The number of carbonyl (C=O) groups is 1. The molecule has 150 valence electrons. The molecule has 0 heterocycles. The van der Waals surface area contributed by atoms with E-state index in [-0.39, 0.29) is 21.4 Å². The molecule has 0 aliphatic heterocycles. The number of hydrogen-bond donors (Lipinski definition) is 2. The van der Waals surface area contributed by atoms with Crippen LogP contribution in [0.25, 0.3) is 0 Å². The van der Waals surface area contributed by atoms with Crippen molar-refractivity contribution in [3.8, 4) is 0 Å². The number of aryl methyl sites for hydroxylation is 2. The van der Waals surface area contributed by atoms with Gasteiger partial charge in [-0.3, -0.25) is 9.52 Å². The number of halogens is 1. The fraction of sp³-hybridized carbons (Fsp3) is 0.136. The van der Waals surface area contributed by atoms with Gasteiger partial charge in [0.25, 0.3) is 15.9 Å². The normalized spacial score (nSPS) is 11.1. The lowest BCUT2D eigenvalue weighted by Gasteiger charge is -2.12. The van der Waals surface area contributed by atoms with E-state index in [9.17, 15) is 13.2 Å². The summed E-state index contributed by atoms with van der Waals surface area (Å²) in [5.41, 5.74) is 3.61. The van der Waals surface area contributed by atoms with Gasteiger partial charge in [-0.25, -0.2) is 8.42 Å². The van der Waals surface area contributed by atoms with Crippen molar-refractivity contribution >= 4 is 33.2 Å². The maximum Gasteiger partial charge on any atom is 0.263 e. The molecule has 3 aromatic carbocycles. The summed E-state index contributed by atoms with van der Waals surface area (Å²) in [5.74, 6) is -0.381. The van der Waals surface area contributed by atoms with Crippen molar-refractivity contribution in [2.45, 2.75) is 25.3 Å². The highest BCUT2D eigenvalue weighted by Gasteiger charge is 2.20. The lowest BCUT2D eigenvalue weighted by Crippen LogP contribution is -2.23. The van der Waals surface area contributed by atoms with Gasteiger partial charge in [0.05, 0.1) is 5.02 Å². The Morgan fingerprint density at radius 1 is 0.931 bits per heavy atom. The number of hydrogen-bond acceptors (Lipinski definition) is 3. The van der Waals surface area contributed by atoms with E-state index in [0.717, 1.165) is 16.7 Å². The first-order valence-electron chi connectivity index (χ1n) is 8.98. The van der Waals surface area contributed by atoms with Gasteiger partial charge < -0.3 is 5.32 Å². The molecule has 1 amide bonds. The summed E-state index contributed by atoms with van der Waals surface area (Å²) < 4.78 is 28.2. The number of nitrogens with one attached hydrogen (secondary N) is 2. The first kappa shape index (κ1) is 20.9. The Kier molecular flexibility index (Phi) is 6.25. The lowest BCUT2D eigenvalue weighted by atomic mass is 10.1. The summed E-state index contributed by atoms with van der Waals surface area (Å²) in [6, 6.07) is 18.9. The Morgan fingerprint density at radius 3 is 2.34 bits per heavy atom. The lowest BCUT2D eigenvalue weighted by molar-refractivity contribution is 0.0950. The van der Waals surface area contributed by atoms with Crippen LogP contribution in [0.15, 0.2) is 71.6 Å². The first-order chi connectivity index (χ1) is 13.8. The van der Waals surface area contributed by atoms with Gasteiger partial charge in [-0.2, -0.15) is 0 Å². The zero-order chi connectivity index (χ0) is 21.0. The molecule has 29 heavy (non-hydrogen) atoms. The van der Waals surface area contributed by atoms with Crippen LogP contribution in [0.2, 0.25) is 5.02 Å². The highest BCUT2D eigenvalue weighted by atomic mass is 35.5. The van der Waals surface area contributed by atoms with Crippen molar-refractivity contribution in [3.63, 3.8) is 0 Å². The second kappa shape index (κ2) is 8.68. The molecule has 0 aliphatic carbocycles. The van der Waals surface area contributed by atoms with E-state index in [1.165, 1.54) is 18.2 Å². The van der Waals surface area contributed by atoms with Crippen LogP contribution in [0.5, 0.6) is 0 Å². The summed E-state index contributed by atoms with van der Waals surface area (Å²) in [5, 5.41) is 2.82. The van der Waals surface area contributed by atoms with E-state index < -0.39 is 10.0 Å². The summed E-state index contributed by atoms with van der Waals surface area (Å²) in [7, 11) is -3.96. The average molecular weight is 429 g/mol. The van der Waals surface area contributed by atoms with E-state index in [0.29, 0.717) is 12.2 Å². The monoisotopic (exact) mass is 428 g/mol. The fourth-order valence-electron chi connectivity index (χ4n) is 2.75. The third-order valence-electron chi connectivity index (χ3n) is 4.54.